The van der Waals surface area contributed by atoms with Crippen molar-refractivity contribution in [2.45, 2.75) is 12.5 Å². The van der Waals surface area contributed by atoms with Crippen molar-refractivity contribution in [2.24, 2.45) is 0 Å². The molecule has 0 saturated carbocycles. The predicted molar refractivity (Wildman–Crippen MR) is 102 cm³/mol. The Morgan fingerprint density at radius 3 is 2.79 bits per heavy atom. The van der Waals surface area contributed by atoms with E-state index >= 15 is 0 Å². The standard InChI is InChI=1S/C20H18N2O7/c1-26-13-6-4-11-14(29-20(25)18(11)19(13)27-2)8-16(23)21-10-3-5-12-15(7-10)28-9-17(24)22-12/h3-7,14H,8-9H2,1-2H3,(H,21,23)(H,22,24)/t14-/m0/s1. The molecule has 2 N–H and O–H groups in total. The summed E-state index contributed by atoms with van der Waals surface area (Å²) >= 11 is 0. The number of rotatable bonds is 5. The summed E-state index contributed by atoms with van der Waals surface area (Å²) in [6.07, 6.45) is -0.798. The Balaban J connectivity index is 1.49. The van der Waals surface area contributed by atoms with Crippen LogP contribution < -0.4 is 24.8 Å². The molecule has 150 valence electrons. The molecule has 2 amide bonds. The first-order valence-electron chi connectivity index (χ1n) is 8.82. The van der Waals surface area contributed by atoms with Crippen LogP contribution in [0.2, 0.25) is 0 Å². The summed E-state index contributed by atoms with van der Waals surface area (Å²) in [4.78, 5) is 36.2. The van der Waals surface area contributed by atoms with Crippen LogP contribution in [0, 0.1) is 0 Å². The Morgan fingerprint density at radius 1 is 1.21 bits per heavy atom. The maximum absolute atomic E-state index is 12.5. The molecule has 0 unspecified atom stereocenters. The SMILES string of the molecule is COc1ccc2c(c1OC)C(=O)O[C@H]2CC(=O)Nc1ccc2c(c1)OCC(=O)N2. The molecule has 0 spiro atoms. The first kappa shape index (κ1) is 18.6. The third kappa shape index (κ3) is 3.42. The van der Waals surface area contributed by atoms with Gasteiger partial charge in [0.05, 0.1) is 26.3 Å². The normalized spacial score (nSPS) is 16.7. The third-order valence-electron chi connectivity index (χ3n) is 4.65. The first-order chi connectivity index (χ1) is 14.0. The summed E-state index contributed by atoms with van der Waals surface area (Å²) < 4.78 is 21.2. The predicted octanol–water partition coefficient (Wildman–Crippen LogP) is 2.27. The van der Waals surface area contributed by atoms with Gasteiger partial charge >= 0.3 is 5.97 Å². The molecule has 2 aliphatic rings. The zero-order valence-corrected chi connectivity index (χ0v) is 15.7. The fourth-order valence-corrected chi connectivity index (χ4v) is 3.36. The van der Waals surface area contributed by atoms with Crippen LogP contribution in [0.3, 0.4) is 0 Å². The molecular weight excluding hydrogens is 380 g/mol. The average Bonchev–Trinajstić information content (AvgIpc) is 3.02. The molecule has 9 nitrogen and oxygen atoms in total. The van der Waals surface area contributed by atoms with Crippen molar-refractivity contribution in [3.8, 4) is 17.2 Å². The van der Waals surface area contributed by atoms with E-state index < -0.39 is 12.1 Å². The van der Waals surface area contributed by atoms with Gasteiger partial charge in [0.1, 0.15) is 17.4 Å². The zero-order chi connectivity index (χ0) is 20.5. The number of amides is 2. The molecular formula is C20H18N2O7. The number of hydrogen-bond acceptors (Lipinski definition) is 7. The van der Waals surface area contributed by atoms with E-state index in [1.807, 2.05) is 0 Å². The number of hydrogen-bond donors (Lipinski definition) is 2. The van der Waals surface area contributed by atoms with Gasteiger partial charge in [-0.15, -0.1) is 0 Å². The molecule has 0 radical (unpaired) electrons. The van der Waals surface area contributed by atoms with Gasteiger partial charge in [0.15, 0.2) is 18.1 Å². The van der Waals surface area contributed by atoms with Crippen LogP contribution in [0.5, 0.6) is 17.2 Å². The highest BCUT2D eigenvalue weighted by Crippen LogP contribution is 2.43. The monoisotopic (exact) mass is 398 g/mol. The number of methoxy groups -OCH3 is 2. The molecule has 2 aromatic carbocycles. The van der Waals surface area contributed by atoms with E-state index in [1.165, 1.54) is 14.2 Å². The number of fused-ring (bicyclic) bond motifs is 2. The molecule has 1 atom stereocenters. The van der Waals surface area contributed by atoms with Crippen molar-refractivity contribution in [3.05, 3.63) is 41.5 Å². The molecule has 2 aliphatic heterocycles. The maximum Gasteiger partial charge on any atom is 0.343 e. The van der Waals surface area contributed by atoms with Gasteiger partial charge < -0.3 is 29.6 Å². The van der Waals surface area contributed by atoms with E-state index in [2.05, 4.69) is 10.6 Å². The minimum Gasteiger partial charge on any atom is -0.493 e. The van der Waals surface area contributed by atoms with Crippen LogP contribution in [-0.4, -0.2) is 38.6 Å². The largest absolute Gasteiger partial charge is 0.493 e. The van der Waals surface area contributed by atoms with Crippen LogP contribution in [-0.2, 0) is 14.3 Å². The van der Waals surface area contributed by atoms with Gasteiger partial charge in [-0.25, -0.2) is 4.79 Å². The summed E-state index contributed by atoms with van der Waals surface area (Å²) in [5.41, 5.74) is 1.88. The van der Waals surface area contributed by atoms with Crippen molar-refractivity contribution in [1.29, 1.82) is 0 Å². The molecule has 2 aromatic rings. The van der Waals surface area contributed by atoms with Crippen molar-refractivity contribution in [3.63, 3.8) is 0 Å². The van der Waals surface area contributed by atoms with Gasteiger partial charge in [0, 0.05) is 17.3 Å². The van der Waals surface area contributed by atoms with Crippen molar-refractivity contribution >= 4 is 29.2 Å². The summed E-state index contributed by atoms with van der Waals surface area (Å²) in [6, 6.07) is 8.27. The van der Waals surface area contributed by atoms with E-state index in [1.54, 1.807) is 30.3 Å². The number of ether oxygens (including phenoxy) is 4. The summed E-state index contributed by atoms with van der Waals surface area (Å²) in [7, 11) is 2.91. The second-order valence-electron chi connectivity index (χ2n) is 6.46. The minimum atomic E-state index is -0.731. The van der Waals surface area contributed by atoms with Crippen molar-refractivity contribution in [1.82, 2.24) is 0 Å². The fourth-order valence-electron chi connectivity index (χ4n) is 3.36. The van der Waals surface area contributed by atoms with Crippen LogP contribution >= 0.6 is 0 Å². The van der Waals surface area contributed by atoms with E-state index in [0.29, 0.717) is 28.4 Å². The lowest BCUT2D eigenvalue weighted by Gasteiger charge is -2.19. The van der Waals surface area contributed by atoms with Gasteiger partial charge in [-0.05, 0) is 18.2 Å². The number of benzene rings is 2. The fraction of sp³-hybridized carbons (Fsp3) is 0.250. The summed E-state index contributed by atoms with van der Waals surface area (Å²) in [5.74, 6) is 0.0258. The summed E-state index contributed by atoms with van der Waals surface area (Å²) in [5, 5.41) is 5.43. The number of nitrogens with one attached hydrogen (secondary N) is 2. The Hall–Kier alpha value is -3.75. The van der Waals surface area contributed by atoms with Crippen LogP contribution in [0.4, 0.5) is 11.4 Å². The number of anilines is 2. The van der Waals surface area contributed by atoms with Crippen LogP contribution in [0.1, 0.15) is 28.4 Å². The number of carbonyl (C=O) groups is 3. The van der Waals surface area contributed by atoms with Crippen LogP contribution in [0.15, 0.2) is 30.3 Å². The Kier molecular flexibility index (Phi) is 4.71. The van der Waals surface area contributed by atoms with E-state index in [9.17, 15) is 14.4 Å². The van der Waals surface area contributed by atoms with Gasteiger partial charge in [-0.3, -0.25) is 9.59 Å². The lowest BCUT2D eigenvalue weighted by molar-refractivity contribution is -0.119. The van der Waals surface area contributed by atoms with E-state index in [0.717, 1.165) is 0 Å². The molecule has 0 fully saturated rings. The summed E-state index contributed by atoms with van der Waals surface area (Å²) in [6.45, 7) is -0.0789. The van der Waals surface area contributed by atoms with Gasteiger partial charge in [-0.2, -0.15) is 0 Å². The lowest BCUT2D eigenvalue weighted by atomic mass is 10.0. The Labute approximate surface area is 165 Å². The number of carbonyl (C=O) groups excluding carboxylic acids is 3. The highest BCUT2D eigenvalue weighted by Gasteiger charge is 2.36. The average molecular weight is 398 g/mol. The second-order valence-corrected chi connectivity index (χ2v) is 6.46. The molecule has 4 rings (SSSR count). The number of esters is 1. The highest BCUT2D eigenvalue weighted by atomic mass is 16.6. The van der Waals surface area contributed by atoms with Crippen molar-refractivity contribution < 1.29 is 33.3 Å². The molecule has 0 saturated heterocycles. The minimum absolute atomic E-state index is 0.0666. The Bertz CT molecular complexity index is 1020. The smallest absolute Gasteiger partial charge is 0.343 e. The third-order valence-corrected chi connectivity index (χ3v) is 4.65. The molecule has 2 heterocycles. The van der Waals surface area contributed by atoms with Gasteiger partial charge in [-0.1, -0.05) is 6.07 Å². The highest BCUT2D eigenvalue weighted by molar-refractivity contribution is 6.00. The van der Waals surface area contributed by atoms with Gasteiger partial charge in [0.2, 0.25) is 5.91 Å². The molecule has 29 heavy (non-hydrogen) atoms. The first-order valence-corrected chi connectivity index (χ1v) is 8.82. The molecule has 0 bridgehead atoms. The zero-order valence-electron chi connectivity index (χ0n) is 15.7. The van der Waals surface area contributed by atoms with Crippen molar-refractivity contribution in [2.75, 3.05) is 31.5 Å². The van der Waals surface area contributed by atoms with Gasteiger partial charge in [0.25, 0.3) is 5.91 Å². The van der Waals surface area contributed by atoms with E-state index in [4.69, 9.17) is 18.9 Å². The number of cyclic esters (lactones) is 1. The lowest BCUT2D eigenvalue weighted by Crippen LogP contribution is -2.25. The maximum atomic E-state index is 12.5. The molecule has 0 aliphatic carbocycles. The quantitative estimate of drug-likeness (QED) is 0.743. The molecule has 9 heteroatoms. The Morgan fingerprint density at radius 2 is 2.03 bits per heavy atom. The van der Waals surface area contributed by atoms with E-state index in [-0.39, 0.29) is 36.2 Å². The second kappa shape index (κ2) is 7.34. The topological polar surface area (TPSA) is 112 Å². The van der Waals surface area contributed by atoms with Crippen LogP contribution in [0.25, 0.3) is 0 Å². The molecule has 0 aromatic heterocycles.